The van der Waals surface area contributed by atoms with Crippen molar-refractivity contribution in [3.8, 4) is 0 Å². The first kappa shape index (κ1) is 14.5. The van der Waals surface area contributed by atoms with Crippen molar-refractivity contribution >= 4 is 17.1 Å². The van der Waals surface area contributed by atoms with Gasteiger partial charge in [-0.15, -0.1) is 0 Å². The summed E-state index contributed by atoms with van der Waals surface area (Å²) in [5.41, 5.74) is 3.45. The highest BCUT2D eigenvalue weighted by Crippen LogP contribution is 2.35. The summed E-state index contributed by atoms with van der Waals surface area (Å²) in [4.78, 5) is 15.4. The van der Waals surface area contributed by atoms with Crippen LogP contribution in [0.25, 0.3) is 0 Å². The number of nitro benzene ring substituents is 1. The summed E-state index contributed by atoms with van der Waals surface area (Å²) in [6, 6.07) is 5.19. The van der Waals surface area contributed by atoms with Gasteiger partial charge in [0.1, 0.15) is 11.4 Å². The lowest BCUT2D eigenvalue weighted by Gasteiger charge is -2.35. The molecule has 7 heteroatoms. The van der Waals surface area contributed by atoms with Gasteiger partial charge >= 0.3 is 5.69 Å². The molecule has 0 amide bonds. The molecular formula is C13H21N5O2. The van der Waals surface area contributed by atoms with Crippen molar-refractivity contribution in [2.75, 3.05) is 43.0 Å². The molecule has 1 aliphatic rings. The second kappa shape index (κ2) is 6.53. The second-order valence-corrected chi connectivity index (χ2v) is 4.90. The summed E-state index contributed by atoms with van der Waals surface area (Å²) in [5, 5.41) is 11.3. The molecule has 0 spiro atoms. The fraction of sp³-hybridized carbons (Fsp3) is 0.538. The predicted octanol–water partition coefficient (Wildman–Crippen LogP) is 1.41. The summed E-state index contributed by atoms with van der Waals surface area (Å²) < 4.78 is 0. The minimum absolute atomic E-state index is 0.0546. The molecule has 0 aromatic heterocycles. The number of benzene rings is 1. The van der Waals surface area contributed by atoms with E-state index in [0.29, 0.717) is 11.4 Å². The Morgan fingerprint density at radius 2 is 2.05 bits per heavy atom. The number of hydrazine groups is 1. The minimum Gasteiger partial charge on any atom is -0.363 e. The molecule has 0 saturated carbocycles. The molecule has 0 aliphatic carbocycles. The number of nitro groups is 1. The van der Waals surface area contributed by atoms with Crippen molar-refractivity contribution in [1.29, 1.82) is 0 Å². The zero-order chi connectivity index (χ0) is 14.5. The van der Waals surface area contributed by atoms with Gasteiger partial charge in [0, 0.05) is 26.2 Å². The van der Waals surface area contributed by atoms with Gasteiger partial charge in [-0.1, -0.05) is 13.0 Å². The van der Waals surface area contributed by atoms with Crippen molar-refractivity contribution in [2.24, 2.45) is 5.84 Å². The molecular weight excluding hydrogens is 258 g/mol. The van der Waals surface area contributed by atoms with Crippen LogP contribution < -0.4 is 16.2 Å². The Balaban J connectivity index is 2.19. The van der Waals surface area contributed by atoms with Crippen LogP contribution in [0.1, 0.15) is 13.3 Å². The van der Waals surface area contributed by atoms with Crippen molar-refractivity contribution < 1.29 is 4.92 Å². The first-order valence-electron chi connectivity index (χ1n) is 6.88. The maximum absolute atomic E-state index is 11.3. The molecule has 1 heterocycles. The van der Waals surface area contributed by atoms with Crippen LogP contribution in [-0.4, -0.2) is 42.5 Å². The van der Waals surface area contributed by atoms with Crippen LogP contribution in [0.2, 0.25) is 0 Å². The molecule has 1 aromatic carbocycles. The van der Waals surface area contributed by atoms with Gasteiger partial charge in [0.05, 0.1) is 4.92 Å². The Hall–Kier alpha value is -1.86. The highest BCUT2D eigenvalue weighted by Gasteiger charge is 2.26. The van der Waals surface area contributed by atoms with E-state index in [4.69, 9.17) is 5.84 Å². The Morgan fingerprint density at radius 3 is 2.60 bits per heavy atom. The molecule has 1 aliphatic heterocycles. The number of hydrogen-bond donors (Lipinski definition) is 2. The summed E-state index contributed by atoms with van der Waals surface area (Å²) >= 11 is 0. The number of nitrogens with two attached hydrogens (primary N) is 1. The number of nitrogens with one attached hydrogen (secondary N) is 1. The molecule has 0 unspecified atom stereocenters. The fourth-order valence-electron chi connectivity index (χ4n) is 2.62. The van der Waals surface area contributed by atoms with E-state index in [-0.39, 0.29) is 10.6 Å². The molecule has 0 radical (unpaired) electrons. The fourth-order valence-corrected chi connectivity index (χ4v) is 2.62. The number of piperazine rings is 1. The van der Waals surface area contributed by atoms with Gasteiger partial charge in [0.15, 0.2) is 0 Å². The van der Waals surface area contributed by atoms with Gasteiger partial charge in [-0.05, 0) is 25.1 Å². The maximum atomic E-state index is 11.3. The van der Waals surface area contributed by atoms with E-state index in [1.165, 1.54) is 0 Å². The van der Waals surface area contributed by atoms with Crippen LogP contribution in [0, 0.1) is 10.1 Å². The van der Waals surface area contributed by atoms with Gasteiger partial charge in [-0.25, -0.2) is 0 Å². The van der Waals surface area contributed by atoms with Crippen molar-refractivity contribution in [2.45, 2.75) is 13.3 Å². The summed E-state index contributed by atoms with van der Waals surface area (Å²) in [6.45, 7) is 6.72. The first-order valence-corrected chi connectivity index (χ1v) is 6.88. The molecule has 3 N–H and O–H groups in total. The molecule has 0 atom stereocenters. The minimum atomic E-state index is -0.372. The molecule has 1 fully saturated rings. The topological polar surface area (TPSA) is 87.7 Å². The Morgan fingerprint density at radius 1 is 1.35 bits per heavy atom. The zero-order valence-electron chi connectivity index (χ0n) is 11.7. The average molecular weight is 279 g/mol. The lowest BCUT2D eigenvalue weighted by atomic mass is 10.2. The molecule has 2 rings (SSSR count). The van der Waals surface area contributed by atoms with Crippen molar-refractivity contribution in [3.63, 3.8) is 0 Å². The van der Waals surface area contributed by atoms with Crippen molar-refractivity contribution in [3.05, 3.63) is 28.3 Å². The number of para-hydroxylation sites is 1. The highest BCUT2D eigenvalue weighted by molar-refractivity contribution is 5.76. The standard InChI is InChI=1S/C13H21N5O2/c1-2-6-16-7-9-17(10-8-16)12-5-3-4-11(15-14)13(12)18(19)20/h3-5,15H,2,6-10,14H2,1H3. The van der Waals surface area contributed by atoms with Crippen LogP contribution in [0.4, 0.5) is 17.1 Å². The number of rotatable bonds is 5. The van der Waals surface area contributed by atoms with Crippen LogP contribution in [0.5, 0.6) is 0 Å². The third-order valence-corrected chi connectivity index (χ3v) is 3.61. The van der Waals surface area contributed by atoms with Crippen LogP contribution in [-0.2, 0) is 0 Å². The average Bonchev–Trinajstić information content (AvgIpc) is 2.47. The molecule has 1 saturated heterocycles. The maximum Gasteiger partial charge on any atom is 0.316 e. The Labute approximate surface area is 118 Å². The monoisotopic (exact) mass is 279 g/mol. The Kier molecular flexibility index (Phi) is 4.75. The van der Waals surface area contributed by atoms with Crippen molar-refractivity contribution in [1.82, 2.24) is 4.90 Å². The van der Waals surface area contributed by atoms with Crippen LogP contribution >= 0.6 is 0 Å². The van der Waals surface area contributed by atoms with Gasteiger partial charge in [0.2, 0.25) is 0 Å². The molecule has 0 bridgehead atoms. The summed E-state index contributed by atoms with van der Waals surface area (Å²) in [5.74, 6) is 5.37. The van der Waals surface area contributed by atoms with E-state index in [9.17, 15) is 10.1 Å². The summed E-state index contributed by atoms with van der Waals surface area (Å²) in [6.07, 6.45) is 1.13. The van der Waals surface area contributed by atoms with Crippen LogP contribution in [0.3, 0.4) is 0 Å². The van der Waals surface area contributed by atoms with E-state index in [1.54, 1.807) is 18.2 Å². The van der Waals surface area contributed by atoms with E-state index in [1.807, 2.05) is 0 Å². The quantitative estimate of drug-likeness (QED) is 0.481. The highest BCUT2D eigenvalue weighted by atomic mass is 16.6. The number of nitrogen functional groups attached to an aromatic ring is 1. The zero-order valence-corrected chi connectivity index (χ0v) is 11.7. The lowest BCUT2D eigenvalue weighted by molar-refractivity contribution is -0.383. The van der Waals surface area contributed by atoms with Gasteiger partial charge < -0.3 is 10.3 Å². The number of anilines is 2. The predicted molar refractivity (Wildman–Crippen MR) is 79.9 cm³/mol. The first-order chi connectivity index (χ1) is 9.67. The number of nitrogens with zero attached hydrogens (tertiary/aromatic N) is 3. The van der Waals surface area contributed by atoms with E-state index in [2.05, 4.69) is 22.1 Å². The third kappa shape index (κ3) is 3.00. The smallest absolute Gasteiger partial charge is 0.316 e. The largest absolute Gasteiger partial charge is 0.363 e. The molecule has 1 aromatic rings. The van der Waals surface area contributed by atoms with Gasteiger partial charge in [-0.3, -0.25) is 20.9 Å². The van der Waals surface area contributed by atoms with E-state index < -0.39 is 0 Å². The summed E-state index contributed by atoms with van der Waals surface area (Å²) in [7, 11) is 0. The normalized spacial score (nSPS) is 16.2. The van der Waals surface area contributed by atoms with Crippen LogP contribution in [0.15, 0.2) is 18.2 Å². The third-order valence-electron chi connectivity index (χ3n) is 3.61. The SMILES string of the molecule is CCCN1CCN(c2cccc(NN)c2[N+](=O)[O-])CC1. The lowest BCUT2D eigenvalue weighted by Crippen LogP contribution is -2.46. The molecule has 20 heavy (non-hydrogen) atoms. The van der Waals surface area contributed by atoms with E-state index >= 15 is 0 Å². The van der Waals surface area contributed by atoms with Gasteiger partial charge in [-0.2, -0.15) is 0 Å². The Bertz CT molecular complexity index is 472. The number of hydrogen-bond acceptors (Lipinski definition) is 6. The van der Waals surface area contributed by atoms with E-state index in [0.717, 1.165) is 39.1 Å². The van der Waals surface area contributed by atoms with Gasteiger partial charge in [0.25, 0.3) is 0 Å². The molecule has 7 nitrogen and oxygen atoms in total. The second-order valence-electron chi connectivity index (χ2n) is 4.90. The molecule has 110 valence electrons.